The number of hydrogen-bond donors (Lipinski definition) is 0. The summed E-state index contributed by atoms with van der Waals surface area (Å²) in [5.41, 5.74) is 0.938. The maximum absolute atomic E-state index is 11.7. The number of amides is 1. The third kappa shape index (κ3) is 3.93. The molecule has 1 amide bonds. The van der Waals surface area contributed by atoms with Crippen LogP contribution in [0.1, 0.15) is 12.5 Å². The van der Waals surface area contributed by atoms with Crippen molar-refractivity contribution < 1.29 is 9.53 Å². The largest absolute Gasteiger partial charge is 0.494 e. The Morgan fingerprint density at radius 1 is 1.40 bits per heavy atom. The van der Waals surface area contributed by atoms with E-state index in [1.165, 1.54) is 17.4 Å². The molecule has 0 aliphatic heterocycles. The van der Waals surface area contributed by atoms with Crippen molar-refractivity contribution in [3.8, 4) is 5.75 Å². The van der Waals surface area contributed by atoms with E-state index in [-0.39, 0.29) is 5.91 Å². The van der Waals surface area contributed by atoms with Gasteiger partial charge in [-0.05, 0) is 30.7 Å². The van der Waals surface area contributed by atoms with Crippen LogP contribution in [0.2, 0.25) is 0 Å². The summed E-state index contributed by atoms with van der Waals surface area (Å²) < 4.78 is 7.17. The Hall–Kier alpha value is -2.14. The van der Waals surface area contributed by atoms with Gasteiger partial charge in [-0.3, -0.25) is 4.79 Å². The maximum atomic E-state index is 11.7. The molecule has 0 aliphatic rings. The molecule has 0 N–H and O–H groups in total. The number of nitrogens with zero attached hydrogens (tertiary/aromatic N) is 2. The van der Waals surface area contributed by atoms with Gasteiger partial charge in [0.1, 0.15) is 5.75 Å². The van der Waals surface area contributed by atoms with Gasteiger partial charge in [0.05, 0.1) is 6.61 Å². The molecule has 0 unspecified atom stereocenters. The second kappa shape index (κ2) is 6.86. The minimum absolute atomic E-state index is 0.267. The Bertz CT molecular complexity index is 666. The highest BCUT2D eigenvalue weighted by Crippen LogP contribution is 2.12. The summed E-state index contributed by atoms with van der Waals surface area (Å²) in [6.45, 7) is 2.59. The lowest BCUT2D eigenvalue weighted by molar-refractivity contribution is -0.113. The van der Waals surface area contributed by atoms with Crippen LogP contribution < -0.4 is 9.54 Å². The molecule has 0 saturated heterocycles. The third-order valence-corrected chi connectivity index (χ3v) is 3.42. The van der Waals surface area contributed by atoms with Crippen molar-refractivity contribution in [2.45, 2.75) is 6.92 Å². The van der Waals surface area contributed by atoms with Gasteiger partial charge in [0.15, 0.2) is 4.80 Å². The number of aryl methyl sites for hydroxylation is 1. The molecule has 1 aromatic carbocycles. The molecule has 0 saturated carbocycles. The first-order valence-electron chi connectivity index (χ1n) is 6.29. The first-order valence-corrected chi connectivity index (χ1v) is 7.17. The molecular weight excluding hydrogens is 272 g/mol. The first-order chi connectivity index (χ1) is 9.69. The van der Waals surface area contributed by atoms with Crippen LogP contribution >= 0.6 is 11.3 Å². The van der Waals surface area contributed by atoms with Crippen LogP contribution in [-0.4, -0.2) is 17.1 Å². The molecule has 4 nitrogen and oxygen atoms in total. The quantitative estimate of drug-likeness (QED) is 0.812. The van der Waals surface area contributed by atoms with Crippen LogP contribution in [0.5, 0.6) is 5.75 Å². The molecular formula is C15H16N2O2S. The molecule has 0 fully saturated rings. The summed E-state index contributed by atoms with van der Waals surface area (Å²) in [6.07, 6.45) is 5.08. The van der Waals surface area contributed by atoms with E-state index in [1.807, 2.05) is 54.4 Å². The third-order valence-electron chi connectivity index (χ3n) is 2.57. The second-order valence-corrected chi connectivity index (χ2v) is 4.95. The number of thiazole rings is 1. The SMILES string of the molecule is CCOc1ccc(/C=C/C(=O)N=c2sccn2C)cc1. The lowest BCUT2D eigenvalue weighted by Gasteiger charge is -2.01. The van der Waals surface area contributed by atoms with E-state index >= 15 is 0 Å². The summed E-state index contributed by atoms with van der Waals surface area (Å²) in [5, 5.41) is 1.89. The van der Waals surface area contributed by atoms with Crippen molar-refractivity contribution in [1.29, 1.82) is 0 Å². The molecule has 0 radical (unpaired) electrons. The van der Waals surface area contributed by atoms with Crippen molar-refractivity contribution >= 4 is 23.3 Å². The van der Waals surface area contributed by atoms with Gasteiger partial charge < -0.3 is 9.30 Å². The van der Waals surface area contributed by atoms with E-state index in [4.69, 9.17) is 4.74 Å². The maximum Gasteiger partial charge on any atom is 0.272 e. The number of aromatic nitrogens is 1. The van der Waals surface area contributed by atoms with Crippen LogP contribution in [-0.2, 0) is 11.8 Å². The van der Waals surface area contributed by atoms with Crippen molar-refractivity contribution in [3.63, 3.8) is 0 Å². The minimum Gasteiger partial charge on any atom is -0.494 e. The van der Waals surface area contributed by atoms with Crippen molar-refractivity contribution in [2.75, 3.05) is 6.61 Å². The zero-order chi connectivity index (χ0) is 14.4. The lowest BCUT2D eigenvalue weighted by atomic mass is 10.2. The summed E-state index contributed by atoms with van der Waals surface area (Å²) in [7, 11) is 1.86. The Kier molecular flexibility index (Phi) is 4.90. The van der Waals surface area contributed by atoms with E-state index in [2.05, 4.69) is 4.99 Å². The van der Waals surface area contributed by atoms with Gasteiger partial charge in [0, 0.05) is 24.7 Å². The van der Waals surface area contributed by atoms with E-state index in [0.717, 1.165) is 11.3 Å². The lowest BCUT2D eigenvalue weighted by Crippen LogP contribution is -2.11. The number of ether oxygens (including phenoxy) is 1. The normalized spacial score (nSPS) is 12.0. The second-order valence-electron chi connectivity index (χ2n) is 4.08. The molecule has 2 rings (SSSR count). The van der Waals surface area contributed by atoms with Crippen LogP contribution in [0.3, 0.4) is 0 Å². The van der Waals surface area contributed by atoms with E-state index in [0.29, 0.717) is 11.4 Å². The number of carbonyl (C=O) groups is 1. The Morgan fingerprint density at radius 2 is 2.15 bits per heavy atom. The highest BCUT2D eigenvalue weighted by molar-refractivity contribution is 7.07. The highest BCUT2D eigenvalue weighted by Gasteiger charge is 1.95. The van der Waals surface area contributed by atoms with Gasteiger partial charge >= 0.3 is 0 Å². The molecule has 5 heteroatoms. The molecule has 104 valence electrons. The Morgan fingerprint density at radius 3 is 2.75 bits per heavy atom. The molecule has 2 aromatic rings. The highest BCUT2D eigenvalue weighted by atomic mass is 32.1. The van der Waals surface area contributed by atoms with E-state index in [1.54, 1.807) is 6.08 Å². The number of hydrogen-bond acceptors (Lipinski definition) is 3. The minimum atomic E-state index is -0.267. The topological polar surface area (TPSA) is 43.6 Å². The fraction of sp³-hybridized carbons (Fsp3) is 0.200. The molecule has 1 heterocycles. The van der Waals surface area contributed by atoms with Gasteiger partial charge in [0.2, 0.25) is 0 Å². The molecule has 0 aliphatic carbocycles. The predicted molar refractivity (Wildman–Crippen MR) is 80.5 cm³/mol. The molecule has 0 atom stereocenters. The van der Waals surface area contributed by atoms with Gasteiger partial charge in [0.25, 0.3) is 5.91 Å². The Balaban J connectivity index is 2.06. The van der Waals surface area contributed by atoms with E-state index in [9.17, 15) is 4.79 Å². The van der Waals surface area contributed by atoms with Gasteiger partial charge in [-0.2, -0.15) is 4.99 Å². The van der Waals surface area contributed by atoms with E-state index < -0.39 is 0 Å². The number of rotatable bonds is 4. The van der Waals surface area contributed by atoms with Crippen LogP contribution in [0.4, 0.5) is 0 Å². The summed E-state index contributed by atoms with van der Waals surface area (Å²) >= 11 is 1.43. The zero-order valence-electron chi connectivity index (χ0n) is 11.4. The summed E-state index contributed by atoms with van der Waals surface area (Å²) in [5.74, 6) is 0.559. The smallest absolute Gasteiger partial charge is 0.272 e. The standard InChI is InChI=1S/C15H16N2O2S/c1-3-19-13-7-4-12(5-8-13)6-9-14(18)16-15-17(2)10-11-20-15/h4-11H,3H2,1-2H3/b9-6+,16-15?. The molecule has 20 heavy (non-hydrogen) atoms. The van der Waals surface area contributed by atoms with Gasteiger partial charge in [-0.25, -0.2) is 0 Å². The number of carbonyl (C=O) groups excluding carboxylic acids is 1. The number of benzene rings is 1. The molecule has 0 spiro atoms. The van der Waals surface area contributed by atoms with Crippen LogP contribution in [0.25, 0.3) is 6.08 Å². The predicted octanol–water partition coefficient (Wildman–Crippen LogP) is 2.63. The first kappa shape index (κ1) is 14.3. The zero-order valence-corrected chi connectivity index (χ0v) is 12.3. The fourth-order valence-corrected chi connectivity index (χ4v) is 2.31. The summed E-state index contributed by atoms with van der Waals surface area (Å²) in [4.78, 5) is 16.4. The fourth-order valence-electron chi connectivity index (χ4n) is 1.58. The average Bonchev–Trinajstić information content (AvgIpc) is 2.84. The Labute approximate surface area is 121 Å². The molecule has 1 aromatic heterocycles. The average molecular weight is 288 g/mol. The monoisotopic (exact) mass is 288 g/mol. The van der Waals surface area contributed by atoms with Crippen molar-refractivity contribution in [2.24, 2.45) is 12.0 Å². The van der Waals surface area contributed by atoms with Crippen molar-refractivity contribution in [3.05, 3.63) is 52.3 Å². The summed E-state index contributed by atoms with van der Waals surface area (Å²) in [6, 6.07) is 7.56. The van der Waals surface area contributed by atoms with Gasteiger partial charge in [-0.15, -0.1) is 11.3 Å². The van der Waals surface area contributed by atoms with Gasteiger partial charge in [-0.1, -0.05) is 12.1 Å². The molecule has 0 bridgehead atoms. The van der Waals surface area contributed by atoms with Crippen LogP contribution in [0, 0.1) is 0 Å². The van der Waals surface area contributed by atoms with Crippen molar-refractivity contribution in [1.82, 2.24) is 4.57 Å². The van der Waals surface area contributed by atoms with Crippen LogP contribution in [0.15, 0.2) is 46.9 Å².